The standard InChI is InChI=1S/C24H27FN4O5S/c1-13(2)28-11-17(18(34-4)12-33-3)29-10-16(21(30)22(31)20(29)24(28)32)23-27-26-19(35-23)9-14-5-7-15(25)8-6-14/h5-8,10,13,17-18,31H,9,11-12H2,1-4H3/t17-,18+/m1/s1. The molecule has 0 radical (unpaired) electrons. The molecule has 0 unspecified atom stereocenters. The number of carbonyl (C=O) groups is 1. The van der Waals surface area contributed by atoms with Gasteiger partial charge in [-0.1, -0.05) is 23.5 Å². The first kappa shape index (κ1) is 25.0. The van der Waals surface area contributed by atoms with Crippen LogP contribution in [0.4, 0.5) is 4.39 Å². The molecule has 9 nitrogen and oxygen atoms in total. The summed E-state index contributed by atoms with van der Waals surface area (Å²) >= 11 is 1.20. The molecule has 0 bridgehead atoms. The summed E-state index contributed by atoms with van der Waals surface area (Å²) in [6, 6.07) is 5.50. The van der Waals surface area contributed by atoms with E-state index in [2.05, 4.69) is 10.2 Å². The Balaban J connectivity index is 1.78. The fourth-order valence-electron chi connectivity index (χ4n) is 4.21. The van der Waals surface area contributed by atoms with E-state index in [0.29, 0.717) is 23.0 Å². The number of benzene rings is 1. The van der Waals surface area contributed by atoms with E-state index in [4.69, 9.17) is 9.47 Å². The number of carbonyl (C=O) groups excluding carboxylic acids is 1. The van der Waals surface area contributed by atoms with Crippen LogP contribution in [0.1, 0.15) is 40.9 Å². The van der Waals surface area contributed by atoms with Crippen molar-refractivity contribution in [3.8, 4) is 16.3 Å². The lowest BCUT2D eigenvalue weighted by Gasteiger charge is -2.41. The van der Waals surface area contributed by atoms with Crippen molar-refractivity contribution in [3.63, 3.8) is 0 Å². The number of aromatic nitrogens is 3. The second-order valence-electron chi connectivity index (χ2n) is 8.63. The van der Waals surface area contributed by atoms with Gasteiger partial charge in [0.25, 0.3) is 5.91 Å². The molecule has 0 saturated heterocycles. The zero-order valence-electron chi connectivity index (χ0n) is 19.9. The number of pyridine rings is 1. The first-order chi connectivity index (χ1) is 16.7. The molecule has 4 rings (SSSR count). The van der Waals surface area contributed by atoms with Crippen LogP contribution in [0.15, 0.2) is 35.3 Å². The van der Waals surface area contributed by atoms with Crippen LogP contribution in [-0.4, -0.2) is 70.2 Å². The smallest absolute Gasteiger partial charge is 0.274 e. The van der Waals surface area contributed by atoms with Crippen LogP contribution in [0.3, 0.4) is 0 Å². The van der Waals surface area contributed by atoms with Crippen LogP contribution < -0.4 is 5.43 Å². The van der Waals surface area contributed by atoms with Crippen molar-refractivity contribution in [2.24, 2.45) is 0 Å². The van der Waals surface area contributed by atoms with E-state index in [1.54, 1.807) is 42.0 Å². The molecule has 0 spiro atoms. The third kappa shape index (κ3) is 4.84. The fraction of sp³-hybridized carbons (Fsp3) is 0.417. The van der Waals surface area contributed by atoms with Crippen LogP contribution in [-0.2, 0) is 15.9 Å². The van der Waals surface area contributed by atoms with Crippen LogP contribution in [0, 0.1) is 5.82 Å². The van der Waals surface area contributed by atoms with Crippen molar-refractivity contribution in [1.29, 1.82) is 0 Å². The van der Waals surface area contributed by atoms with E-state index < -0.39 is 29.2 Å². The van der Waals surface area contributed by atoms with Gasteiger partial charge in [0.05, 0.1) is 18.2 Å². The second kappa shape index (κ2) is 10.2. The topological polar surface area (TPSA) is 107 Å². The molecule has 1 aromatic carbocycles. The van der Waals surface area contributed by atoms with Gasteiger partial charge in [0.1, 0.15) is 16.9 Å². The minimum absolute atomic E-state index is 0.0853. The second-order valence-corrected chi connectivity index (χ2v) is 9.69. The van der Waals surface area contributed by atoms with Crippen LogP contribution in [0.5, 0.6) is 5.75 Å². The number of ether oxygens (including phenoxy) is 2. The number of hydrogen-bond donors (Lipinski definition) is 1. The highest BCUT2D eigenvalue weighted by atomic mass is 32.1. The Morgan fingerprint density at radius 1 is 1.20 bits per heavy atom. The summed E-state index contributed by atoms with van der Waals surface area (Å²) in [4.78, 5) is 28.0. The molecule has 2 aromatic heterocycles. The van der Waals surface area contributed by atoms with Gasteiger partial charge in [-0.2, -0.15) is 0 Å². The highest BCUT2D eigenvalue weighted by Crippen LogP contribution is 2.33. The Morgan fingerprint density at radius 2 is 1.91 bits per heavy atom. The molecule has 1 aliphatic rings. The Hall–Kier alpha value is -3.15. The molecular formula is C24H27FN4O5S. The quantitative estimate of drug-likeness (QED) is 0.505. The Morgan fingerprint density at radius 3 is 2.54 bits per heavy atom. The SMILES string of the molecule is COC[C@H](OC)[C@H]1CN(C(C)C)C(=O)c2c(O)c(=O)c(-c3nnc(Cc4ccc(F)cc4)s3)cn21. The molecule has 1 amide bonds. The van der Waals surface area contributed by atoms with Crippen LogP contribution in [0.25, 0.3) is 10.6 Å². The lowest BCUT2D eigenvalue weighted by Crippen LogP contribution is -2.51. The molecule has 2 atom stereocenters. The van der Waals surface area contributed by atoms with E-state index in [1.807, 2.05) is 13.8 Å². The van der Waals surface area contributed by atoms with Crippen molar-refractivity contribution < 1.29 is 23.8 Å². The number of hydrogen-bond acceptors (Lipinski definition) is 8. The number of aromatic hydroxyl groups is 1. The van der Waals surface area contributed by atoms with Crippen molar-refractivity contribution in [2.75, 3.05) is 27.4 Å². The van der Waals surface area contributed by atoms with E-state index in [0.717, 1.165) is 5.56 Å². The van der Waals surface area contributed by atoms with E-state index in [9.17, 15) is 19.1 Å². The van der Waals surface area contributed by atoms with E-state index in [1.165, 1.54) is 23.5 Å². The van der Waals surface area contributed by atoms with E-state index >= 15 is 0 Å². The highest BCUT2D eigenvalue weighted by Gasteiger charge is 2.39. The monoisotopic (exact) mass is 502 g/mol. The summed E-state index contributed by atoms with van der Waals surface area (Å²) in [6.45, 7) is 4.31. The molecule has 3 aromatic rings. The molecule has 1 N–H and O–H groups in total. The third-order valence-corrected chi connectivity index (χ3v) is 7.02. The Kier molecular flexibility index (Phi) is 7.29. The van der Waals surface area contributed by atoms with Gasteiger partial charge in [0.15, 0.2) is 16.5 Å². The summed E-state index contributed by atoms with van der Waals surface area (Å²) in [7, 11) is 3.11. The van der Waals surface area contributed by atoms with Crippen molar-refractivity contribution in [2.45, 2.75) is 38.5 Å². The van der Waals surface area contributed by atoms with E-state index in [-0.39, 0.29) is 29.7 Å². The number of fused-ring (bicyclic) bond motifs is 1. The largest absolute Gasteiger partial charge is 0.503 e. The summed E-state index contributed by atoms with van der Waals surface area (Å²) < 4.78 is 25.8. The minimum Gasteiger partial charge on any atom is -0.503 e. The van der Waals surface area contributed by atoms with Gasteiger partial charge < -0.3 is 24.0 Å². The van der Waals surface area contributed by atoms with Gasteiger partial charge >= 0.3 is 0 Å². The van der Waals surface area contributed by atoms with Gasteiger partial charge in [-0.25, -0.2) is 4.39 Å². The summed E-state index contributed by atoms with van der Waals surface area (Å²) in [5.74, 6) is -1.39. The maximum absolute atomic E-state index is 13.2. The molecule has 35 heavy (non-hydrogen) atoms. The molecule has 3 heterocycles. The molecule has 11 heteroatoms. The highest BCUT2D eigenvalue weighted by molar-refractivity contribution is 7.14. The molecule has 186 valence electrons. The molecule has 0 aliphatic carbocycles. The van der Waals surface area contributed by atoms with Crippen molar-refractivity contribution in [3.05, 3.63) is 62.8 Å². The lowest BCUT2D eigenvalue weighted by atomic mass is 10.0. The number of nitrogens with zero attached hydrogens (tertiary/aromatic N) is 4. The van der Waals surface area contributed by atoms with Gasteiger partial charge in [0.2, 0.25) is 5.43 Å². The molecular weight excluding hydrogens is 475 g/mol. The van der Waals surface area contributed by atoms with Gasteiger partial charge in [-0.3, -0.25) is 9.59 Å². The first-order valence-electron chi connectivity index (χ1n) is 11.1. The first-order valence-corrected chi connectivity index (χ1v) is 11.9. The summed E-state index contributed by atoms with van der Waals surface area (Å²) in [6.07, 6.45) is 1.52. The zero-order chi connectivity index (χ0) is 25.3. The number of rotatable bonds is 8. The molecule has 1 aliphatic heterocycles. The number of amides is 1. The predicted molar refractivity (Wildman–Crippen MR) is 128 cm³/mol. The lowest BCUT2D eigenvalue weighted by molar-refractivity contribution is -0.0203. The predicted octanol–water partition coefficient (Wildman–Crippen LogP) is 2.87. The van der Waals surface area contributed by atoms with Crippen LogP contribution in [0.2, 0.25) is 0 Å². The van der Waals surface area contributed by atoms with Crippen molar-refractivity contribution >= 4 is 17.2 Å². The average Bonchev–Trinajstić information content (AvgIpc) is 3.29. The Bertz CT molecular complexity index is 1270. The number of methoxy groups -OCH3 is 2. The minimum atomic E-state index is -0.695. The summed E-state index contributed by atoms with van der Waals surface area (Å²) in [5.41, 5.74) is 0.204. The maximum atomic E-state index is 13.2. The molecule has 0 fully saturated rings. The average molecular weight is 503 g/mol. The molecule has 0 saturated carbocycles. The summed E-state index contributed by atoms with van der Waals surface area (Å²) in [5, 5.41) is 20.2. The third-order valence-electron chi connectivity index (χ3n) is 6.07. The zero-order valence-corrected chi connectivity index (χ0v) is 20.7. The fourth-order valence-corrected chi connectivity index (χ4v) is 5.09. The van der Waals surface area contributed by atoms with Crippen molar-refractivity contribution in [1.82, 2.24) is 19.7 Å². The van der Waals surface area contributed by atoms with Gasteiger partial charge in [-0.05, 0) is 31.5 Å². The maximum Gasteiger partial charge on any atom is 0.274 e. The van der Waals surface area contributed by atoms with Crippen LogP contribution >= 0.6 is 11.3 Å². The Labute approximate surface area is 205 Å². The number of halogens is 1. The normalized spacial score (nSPS) is 16.6. The van der Waals surface area contributed by atoms with Gasteiger partial charge in [0, 0.05) is 39.4 Å². The van der Waals surface area contributed by atoms with Gasteiger partial charge in [-0.15, -0.1) is 10.2 Å².